The van der Waals surface area contributed by atoms with Crippen LogP contribution in [0.25, 0.3) is 5.57 Å². The van der Waals surface area contributed by atoms with E-state index in [1.54, 1.807) is 18.3 Å². The van der Waals surface area contributed by atoms with Gasteiger partial charge in [0, 0.05) is 17.7 Å². The Labute approximate surface area is 153 Å². The number of rotatable bonds is 5. The smallest absolute Gasteiger partial charge is 0.306 e. The van der Waals surface area contributed by atoms with Gasteiger partial charge in [0.25, 0.3) is 0 Å². The highest BCUT2D eigenvalue weighted by atomic mass is 16.5. The molecule has 0 aromatic heterocycles. The van der Waals surface area contributed by atoms with E-state index in [1.165, 1.54) is 7.11 Å². The summed E-state index contributed by atoms with van der Waals surface area (Å²) in [5.41, 5.74) is 3.16. The van der Waals surface area contributed by atoms with E-state index in [4.69, 9.17) is 4.74 Å². The Balaban J connectivity index is 1.94. The first kappa shape index (κ1) is 17.8. The molecule has 1 heterocycles. The standard InChI is InChI=1S/C22H21NO3/c1-26-20(24)14-18-12-13-19(16-8-4-2-5-9-16)15-23-21(18)22(25)17-10-6-3-7-11-17/h2-11,15,18H,12-14H2,1H3. The van der Waals surface area contributed by atoms with E-state index < -0.39 is 0 Å². The van der Waals surface area contributed by atoms with E-state index in [9.17, 15) is 9.59 Å². The quantitative estimate of drug-likeness (QED) is 0.598. The lowest BCUT2D eigenvalue weighted by Gasteiger charge is -2.16. The highest BCUT2D eigenvalue weighted by Crippen LogP contribution is 2.29. The van der Waals surface area contributed by atoms with Gasteiger partial charge < -0.3 is 4.74 Å². The summed E-state index contributed by atoms with van der Waals surface area (Å²) < 4.78 is 4.82. The van der Waals surface area contributed by atoms with Crippen LogP contribution in [0.15, 0.2) is 71.9 Å². The maximum Gasteiger partial charge on any atom is 0.306 e. The molecule has 1 unspecified atom stereocenters. The average Bonchev–Trinajstić information content (AvgIpc) is 2.91. The normalized spacial score (nSPS) is 16.9. The fourth-order valence-corrected chi connectivity index (χ4v) is 3.12. The second kappa shape index (κ2) is 8.39. The Morgan fingerprint density at radius 1 is 1.04 bits per heavy atom. The number of allylic oxidation sites excluding steroid dienone is 1. The van der Waals surface area contributed by atoms with E-state index in [0.29, 0.717) is 17.7 Å². The molecule has 132 valence electrons. The second-order valence-electron chi connectivity index (χ2n) is 6.25. The third kappa shape index (κ3) is 4.14. The van der Waals surface area contributed by atoms with E-state index in [2.05, 4.69) is 4.99 Å². The summed E-state index contributed by atoms with van der Waals surface area (Å²) in [6.45, 7) is 0. The van der Waals surface area contributed by atoms with Crippen molar-refractivity contribution < 1.29 is 14.3 Å². The molecular weight excluding hydrogens is 326 g/mol. The number of ether oxygens (including phenoxy) is 1. The van der Waals surface area contributed by atoms with Crippen LogP contribution in [-0.2, 0) is 9.53 Å². The summed E-state index contributed by atoms with van der Waals surface area (Å²) in [5, 5.41) is 0. The molecule has 0 saturated carbocycles. The minimum atomic E-state index is -0.327. The Kier molecular flexibility index (Phi) is 5.74. The number of methoxy groups -OCH3 is 1. The van der Waals surface area contributed by atoms with E-state index in [0.717, 1.165) is 17.6 Å². The summed E-state index contributed by atoms with van der Waals surface area (Å²) in [6.07, 6.45) is 3.35. The largest absolute Gasteiger partial charge is 0.469 e. The first-order valence-electron chi connectivity index (χ1n) is 8.67. The fraction of sp³-hybridized carbons (Fsp3) is 0.227. The van der Waals surface area contributed by atoms with Crippen LogP contribution in [0.1, 0.15) is 35.2 Å². The van der Waals surface area contributed by atoms with Crippen LogP contribution < -0.4 is 0 Å². The van der Waals surface area contributed by atoms with Crippen LogP contribution in [0, 0.1) is 5.92 Å². The van der Waals surface area contributed by atoms with Gasteiger partial charge in [-0.25, -0.2) is 0 Å². The van der Waals surface area contributed by atoms with E-state index in [-0.39, 0.29) is 24.1 Å². The molecule has 2 aromatic rings. The first-order chi connectivity index (χ1) is 12.7. The molecule has 4 heteroatoms. The highest BCUT2D eigenvalue weighted by molar-refractivity contribution is 6.47. The fourth-order valence-electron chi connectivity index (χ4n) is 3.12. The van der Waals surface area contributed by atoms with Crippen LogP contribution >= 0.6 is 0 Å². The second-order valence-corrected chi connectivity index (χ2v) is 6.25. The molecule has 0 N–H and O–H groups in total. The molecule has 2 aromatic carbocycles. The summed E-state index contributed by atoms with van der Waals surface area (Å²) in [6, 6.07) is 19.0. The molecule has 0 bridgehead atoms. The molecule has 1 aliphatic heterocycles. The lowest BCUT2D eigenvalue weighted by atomic mass is 9.88. The highest BCUT2D eigenvalue weighted by Gasteiger charge is 2.28. The zero-order valence-corrected chi connectivity index (χ0v) is 14.7. The number of hydrogen-bond donors (Lipinski definition) is 0. The number of hydrogen-bond acceptors (Lipinski definition) is 4. The molecule has 1 aliphatic rings. The van der Waals surface area contributed by atoms with Gasteiger partial charge in [-0.05, 0) is 24.0 Å². The zero-order chi connectivity index (χ0) is 18.4. The van der Waals surface area contributed by atoms with Crippen molar-refractivity contribution in [2.45, 2.75) is 19.3 Å². The molecule has 0 amide bonds. The van der Waals surface area contributed by atoms with E-state index in [1.807, 2.05) is 48.5 Å². The molecule has 0 aliphatic carbocycles. The molecule has 1 atom stereocenters. The summed E-state index contributed by atoms with van der Waals surface area (Å²) >= 11 is 0. The Hall–Kier alpha value is -3.01. The van der Waals surface area contributed by atoms with Crippen molar-refractivity contribution in [3.8, 4) is 0 Å². The van der Waals surface area contributed by atoms with Gasteiger partial charge in [-0.3, -0.25) is 14.6 Å². The molecule has 4 nitrogen and oxygen atoms in total. The number of nitrogens with zero attached hydrogens (tertiary/aromatic N) is 1. The predicted molar refractivity (Wildman–Crippen MR) is 102 cm³/mol. The van der Waals surface area contributed by atoms with Gasteiger partial charge in [0.15, 0.2) is 0 Å². The van der Waals surface area contributed by atoms with Crippen molar-refractivity contribution in [1.82, 2.24) is 0 Å². The van der Waals surface area contributed by atoms with Gasteiger partial charge in [-0.1, -0.05) is 60.7 Å². The third-order valence-corrected chi connectivity index (χ3v) is 4.56. The average molecular weight is 347 g/mol. The number of Topliss-reactive ketones (excluding diaryl/α,β-unsaturated/α-hetero) is 1. The van der Waals surface area contributed by atoms with Crippen LogP contribution in [0.5, 0.6) is 0 Å². The van der Waals surface area contributed by atoms with Crippen molar-refractivity contribution in [2.24, 2.45) is 10.9 Å². The number of carbonyl (C=O) groups excluding carboxylic acids is 2. The molecule has 0 fully saturated rings. The topological polar surface area (TPSA) is 55.7 Å². The predicted octanol–water partition coefficient (Wildman–Crippen LogP) is 4.32. The number of esters is 1. The summed E-state index contributed by atoms with van der Waals surface area (Å²) in [5.74, 6) is -0.718. The van der Waals surface area contributed by atoms with Gasteiger partial charge in [0.1, 0.15) is 0 Å². The SMILES string of the molecule is COC(=O)CC1CCC(c2ccccc2)=CN=C1C(=O)c1ccccc1. The molecule has 0 radical (unpaired) electrons. The summed E-state index contributed by atoms with van der Waals surface area (Å²) in [7, 11) is 1.36. The van der Waals surface area contributed by atoms with E-state index >= 15 is 0 Å². The van der Waals surface area contributed by atoms with Gasteiger partial charge in [0.2, 0.25) is 5.78 Å². The van der Waals surface area contributed by atoms with Crippen molar-refractivity contribution in [3.05, 3.63) is 78.0 Å². The van der Waals surface area contributed by atoms with Crippen LogP contribution in [-0.4, -0.2) is 24.6 Å². The maximum atomic E-state index is 13.0. The first-order valence-corrected chi connectivity index (χ1v) is 8.67. The van der Waals surface area contributed by atoms with Crippen molar-refractivity contribution in [3.63, 3.8) is 0 Å². The lowest BCUT2D eigenvalue weighted by Crippen LogP contribution is -2.26. The van der Waals surface area contributed by atoms with Gasteiger partial charge in [-0.15, -0.1) is 0 Å². The number of aliphatic imine (C=N–C) groups is 1. The minimum Gasteiger partial charge on any atom is -0.469 e. The van der Waals surface area contributed by atoms with Crippen molar-refractivity contribution in [1.29, 1.82) is 0 Å². The Morgan fingerprint density at radius 3 is 2.35 bits per heavy atom. The van der Waals surface area contributed by atoms with Crippen LogP contribution in [0.3, 0.4) is 0 Å². The zero-order valence-electron chi connectivity index (χ0n) is 14.7. The molecule has 26 heavy (non-hydrogen) atoms. The van der Waals surface area contributed by atoms with Gasteiger partial charge in [0.05, 0.1) is 19.2 Å². The van der Waals surface area contributed by atoms with Crippen molar-refractivity contribution in [2.75, 3.05) is 7.11 Å². The van der Waals surface area contributed by atoms with Gasteiger partial charge >= 0.3 is 5.97 Å². The van der Waals surface area contributed by atoms with Crippen LogP contribution in [0.4, 0.5) is 0 Å². The number of benzene rings is 2. The summed E-state index contributed by atoms with van der Waals surface area (Å²) in [4.78, 5) is 29.3. The number of ketones is 1. The molecular formula is C22H21NO3. The molecule has 3 rings (SSSR count). The lowest BCUT2D eigenvalue weighted by molar-refractivity contribution is -0.141. The van der Waals surface area contributed by atoms with Crippen molar-refractivity contribution >= 4 is 23.0 Å². The molecule has 0 spiro atoms. The Bertz CT molecular complexity index is 838. The monoisotopic (exact) mass is 347 g/mol. The Morgan fingerprint density at radius 2 is 1.69 bits per heavy atom. The molecule has 0 saturated heterocycles. The van der Waals surface area contributed by atoms with Gasteiger partial charge in [-0.2, -0.15) is 0 Å². The number of carbonyl (C=O) groups is 2. The third-order valence-electron chi connectivity index (χ3n) is 4.56. The van der Waals surface area contributed by atoms with Crippen LogP contribution in [0.2, 0.25) is 0 Å². The minimum absolute atomic E-state index is 0.134. The maximum absolute atomic E-state index is 13.0.